The summed E-state index contributed by atoms with van der Waals surface area (Å²) >= 11 is 12.9. The molecule has 8 nitrogen and oxygen atoms in total. The molecular formula is C60H66Cl2F4O8. The van der Waals surface area contributed by atoms with Gasteiger partial charge in [0, 0.05) is 16.0 Å². The van der Waals surface area contributed by atoms with Crippen molar-refractivity contribution < 1.29 is 56.9 Å². The Morgan fingerprint density at radius 1 is 0.500 bits per heavy atom. The van der Waals surface area contributed by atoms with Crippen molar-refractivity contribution in [2.75, 3.05) is 19.8 Å². The predicted molar refractivity (Wildman–Crippen MR) is 281 cm³/mol. The molecule has 14 heteroatoms. The molecule has 74 heavy (non-hydrogen) atoms. The zero-order valence-electron chi connectivity index (χ0n) is 42.0. The monoisotopic (exact) mass is 1060 g/mol. The number of benzene rings is 6. The fourth-order valence-electron chi connectivity index (χ4n) is 10.5. The van der Waals surface area contributed by atoms with E-state index in [1.165, 1.54) is 18.2 Å². The Balaban J connectivity index is 0.000000233. The average molecular weight is 1060 g/mol. The van der Waals surface area contributed by atoms with E-state index in [0.717, 1.165) is 33.6 Å². The molecule has 0 heterocycles. The third kappa shape index (κ3) is 13.1. The topological polar surface area (TPSA) is 118 Å². The second-order valence-electron chi connectivity index (χ2n) is 19.2. The van der Waals surface area contributed by atoms with E-state index in [2.05, 4.69) is 0 Å². The van der Waals surface area contributed by atoms with Gasteiger partial charge in [-0.1, -0.05) is 146 Å². The summed E-state index contributed by atoms with van der Waals surface area (Å²) in [6, 6.07) is 44.3. The normalized spacial score (nSPS) is 25.1. The summed E-state index contributed by atoms with van der Waals surface area (Å²) in [5, 5.41) is 40.5. The minimum Gasteiger partial charge on any atom is -0.494 e. The van der Waals surface area contributed by atoms with Crippen LogP contribution in [-0.4, -0.2) is 82.6 Å². The Morgan fingerprint density at radius 3 is 1.36 bits per heavy atom. The lowest BCUT2D eigenvalue weighted by molar-refractivity contribution is -0.232. The van der Waals surface area contributed by atoms with Crippen molar-refractivity contribution in [2.24, 2.45) is 17.8 Å². The maximum Gasteiger partial charge on any atom is 0.264 e. The van der Waals surface area contributed by atoms with Crippen LogP contribution in [-0.2, 0) is 35.5 Å². The smallest absolute Gasteiger partial charge is 0.264 e. The Morgan fingerprint density at radius 2 is 0.932 bits per heavy atom. The fourth-order valence-corrected chi connectivity index (χ4v) is 10.9. The van der Waals surface area contributed by atoms with Gasteiger partial charge in [0.2, 0.25) is 0 Å². The van der Waals surface area contributed by atoms with E-state index in [9.17, 15) is 20.4 Å². The van der Waals surface area contributed by atoms with Crippen molar-refractivity contribution in [1.29, 1.82) is 0 Å². The summed E-state index contributed by atoms with van der Waals surface area (Å²) < 4.78 is 87.6. The van der Waals surface area contributed by atoms with Crippen LogP contribution >= 0.6 is 23.2 Å². The van der Waals surface area contributed by atoms with Crippen LogP contribution in [0.25, 0.3) is 0 Å². The quantitative estimate of drug-likeness (QED) is 0.0629. The zero-order chi connectivity index (χ0) is 53.2. The summed E-state index contributed by atoms with van der Waals surface area (Å²) in [5.74, 6) is -11.4. The zero-order valence-corrected chi connectivity index (χ0v) is 43.5. The molecule has 4 N–H and O–H groups in total. The maximum atomic E-state index is 16.8. The van der Waals surface area contributed by atoms with E-state index in [0.29, 0.717) is 66.0 Å². The van der Waals surface area contributed by atoms with Crippen LogP contribution in [0.1, 0.15) is 90.5 Å². The molecule has 0 aliphatic heterocycles. The first-order valence-corrected chi connectivity index (χ1v) is 26.0. The third-order valence-electron chi connectivity index (χ3n) is 14.4. The molecule has 6 aromatic carbocycles. The van der Waals surface area contributed by atoms with E-state index in [1.54, 1.807) is 24.3 Å². The Kier molecular flexibility index (Phi) is 19.7. The molecule has 0 saturated heterocycles. The van der Waals surface area contributed by atoms with Crippen molar-refractivity contribution >= 4 is 23.2 Å². The second kappa shape index (κ2) is 25.7. The van der Waals surface area contributed by atoms with Crippen LogP contribution in [0.5, 0.6) is 11.5 Å². The lowest BCUT2D eigenvalue weighted by Crippen LogP contribution is -2.61. The molecule has 0 aromatic heterocycles. The number of alkyl halides is 4. The first-order valence-electron chi connectivity index (χ1n) is 25.2. The lowest BCUT2D eigenvalue weighted by Gasteiger charge is -2.50. The Hall–Kier alpha value is -5.02. The maximum absolute atomic E-state index is 16.8. The third-order valence-corrected chi connectivity index (χ3v) is 15.1. The first kappa shape index (κ1) is 56.7. The van der Waals surface area contributed by atoms with Gasteiger partial charge in [-0.15, -0.1) is 0 Å². The van der Waals surface area contributed by atoms with Gasteiger partial charge < -0.3 is 39.4 Å². The molecule has 0 unspecified atom stereocenters. The van der Waals surface area contributed by atoms with Gasteiger partial charge in [0.15, 0.2) is 0 Å². The van der Waals surface area contributed by atoms with Gasteiger partial charge >= 0.3 is 0 Å². The summed E-state index contributed by atoms with van der Waals surface area (Å²) in [6.45, 7) is 8.17. The van der Waals surface area contributed by atoms with E-state index in [-0.39, 0.29) is 12.2 Å². The number of ether oxygens (including phenoxy) is 4. The average Bonchev–Trinajstić information content (AvgIpc) is 3.39. The molecule has 0 amide bonds. The van der Waals surface area contributed by atoms with E-state index in [4.69, 9.17) is 42.1 Å². The van der Waals surface area contributed by atoms with Crippen molar-refractivity contribution in [3.63, 3.8) is 0 Å². The molecule has 10 atom stereocenters. The molecule has 6 aromatic rings. The first-order chi connectivity index (χ1) is 35.5. The van der Waals surface area contributed by atoms with Crippen LogP contribution < -0.4 is 9.47 Å². The van der Waals surface area contributed by atoms with Gasteiger partial charge in [0.25, 0.3) is 11.8 Å². The fraction of sp³-hybridized carbons (Fsp3) is 0.400. The number of rotatable bonds is 18. The molecule has 396 valence electrons. The standard InChI is InChI=1S/C38H41ClF2O3.C22H25ClF2O5/c1-4-33-26(3)36(43-24-28-12-8-6-9-13-28)37(44-25-29-14-10-7-11-15-29)35(38(33,40)41)30-18-21-34(39)31(23-30)22-27-16-19-32(20-17-27)42-5-2;1-2-30-15-6-3-12(4-7-15)9-14-10-13(5-8-17(14)23)18-20(28)21(29)19(27)16(11-26)22(18,24)25/h6-21,23,26,33,35-37H,4-5,22,24-25H2,1-3H3;3-8,10,16,18-21,26-29H,2,9,11H2,1H3/t26-,33-,35+,36+,37+;16-,18+,19-,20+,21+/m11/s1. The molecule has 2 aliphatic rings. The number of halogens is 6. The van der Waals surface area contributed by atoms with Crippen molar-refractivity contribution in [3.05, 3.63) is 200 Å². The second-order valence-corrected chi connectivity index (χ2v) is 20.0. The van der Waals surface area contributed by atoms with Gasteiger partial charge in [-0.05, 0) is 120 Å². The molecule has 2 fully saturated rings. The SMILES string of the molecule is CCOc1ccc(Cc2cc([C@H]3[C@H](O)[C@@H](O)[C@H](O)[C@@H](CO)C3(F)F)ccc2Cl)cc1.CCOc1ccc(Cc2cc([C@H]3[C@H](OCc4ccccc4)[C@@H](OCc4ccccc4)[C@H](C)[C@@H](CC)C3(F)F)ccc2Cl)cc1. The van der Waals surface area contributed by atoms with Gasteiger partial charge in [-0.25, -0.2) is 17.6 Å². The summed E-state index contributed by atoms with van der Waals surface area (Å²) in [7, 11) is 0. The largest absolute Gasteiger partial charge is 0.494 e. The predicted octanol–water partition coefficient (Wildman–Crippen LogP) is 12.6. The highest BCUT2D eigenvalue weighted by molar-refractivity contribution is 6.31. The molecule has 2 saturated carbocycles. The highest BCUT2D eigenvalue weighted by atomic mass is 35.5. The highest BCUT2D eigenvalue weighted by Gasteiger charge is 2.62. The van der Waals surface area contributed by atoms with E-state index >= 15 is 17.6 Å². The van der Waals surface area contributed by atoms with E-state index < -0.39 is 78.6 Å². The molecule has 0 spiro atoms. The Bertz CT molecular complexity index is 2680. The van der Waals surface area contributed by atoms with Gasteiger partial charge in [0.1, 0.15) is 17.6 Å². The number of aliphatic hydroxyl groups excluding tert-OH is 4. The highest BCUT2D eigenvalue weighted by Crippen LogP contribution is 2.54. The van der Waals surface area contributed by atoms with Crippen molar-refractivity contribution in [3.8, 4) is 11.5 Å². The van der Waals surface area contributed by atoms with Gasteiger partial charge in [0.05, 0.1) is 75.2 Å². The molecule has 2 aliphatic carbocycles. The molecule has 0 bridgehead atoms. The van der Waals surface area contributed by atoms with Crippen LogP contribution in [0.15, 0.2) is 146 Å². The van der Waals surface area contributed by atoms with Gasteiger partial charge in [-0.2, -0.15) is 0 Å². The number of aliphatic hydroxyl groups is 4. The van der Waals surface area contributed by atoms with Crippen LogP contribution in [0.2, 0.25) is 10.0 Å². The number of hydrogen-bond acceptors (Lipinski definition) is 8. The minimum absolute atomic E-state index is 0.0715. The number of hydrogen-bond donors (Lipinski definition) is 4. The van der Waals surface area contributed by atoms with E-state index in [1.807, 2.05) is 131 Å². The molecular weight excluding hydrogens is 996 g/mol. The lowest BCUT2D eigenvalue weighted by atomic mass is 9.65. The molecule has 8 rings (SSSR count). The van der Waals surface area contributed by atoms with Crippen LogP contribution in [0.4, 0.5) is 17.6 Å². The summed E-state index contributed by atoms with van der Waals surface area (Å²) in [4.78, 5) is 0. The minimum atomic E-state index is -3.64. The van der Waals surface area contributed by atoms with Crippen molar-refractivity contribution in [1.82, 2.24) is 0 Å². The van der Waals surface area contributed by atoms with Crippen molar-refractivity contribution in [2.45, 2.75) is 114 Å². The molecule has 0 radical (unpaired) electrons. The van der Waals surface area contributed by atoms with Crippen LogP contribution in [0, 0.1) is 17.8 Å². The Labute approximate surface area is 441 Å². The summed E-state index contributed by atoms with van der Waals surface area (Å²) in [6.07, 6.45) is -5.88. The van der Waals surface area contributed by atoms with Gasteiger partial charge in [-0.3, -0.25) is 0 Å². The summed E-state index contributed by atoms with van der Waals surface area (Å²) in [5.41, 5.74) is 5.77. The van der Waals surface area contributed by atoms with Crippen LogP contribution in [0.3, 0.4) is 0 Å².